The van der Waals surface area contributed by atoms with Crippen molar-refractivity contribution in [1.29, 1.82) is 0 Å². The maximum atomic E-state index is 11.6. The fourth-order valence-corrected chi connectivity index (χ4v) is 1.30. The third kappa shape index (κ3) is 4.20. The van der Waals surface area contributed by atoms with Crippen molar-refractivity contribution in [2.75, 3.05) is 20.7 Å². The molecular weight excluding hydrogens is 234 g/mol. The van der Waals surface area contributed by atoms with Gasteiger partial charge in [0.25, 0.3) is 5.91 Å². The van der Waals surface area contributed by atoms with Crippen LogP contribution < -0.4 is 0 Å². The number of unbranched alkanes of at least 4 members (excludes halogenated alkanes) is 1. The highest BCUT2D eigenvalue weighted by atomic mass is 16.5. The third-order valence-electron chi connectivity index (χ3n) is 2.32. The molecule has 0 aliphatic carbocycles. The minimum Gasteiger partial charge on any atom is -0.464 e. The van der Waals surface area contributed by atoms with Gasteiger partial charge in [-0.1, -0.05) is 13.3 Å². The summed E-state index contributed by atoms with van der Waals surface area (Å²) in [4.78, 5) is 24.4. The Kier molecular flexibility index (Phi) is 5.35. The maximum absolute atomic E-state index is 11.6. The monoisotopic (exact) mass is 253 g/mol. The molecule has 1 amide bonds. The van der Waals surface area contributed by atoms with Crippen LogP contribution in [-0.4, -0.2) is 47.3 Å². The molecule has 0 aromatic carbocycles. The zero-order valence-corrected chi connectivity index (χ0v) is 11.0. The van der Waals surface area contributed by atoms with Crippen molar-refractivity contribution in [1.82, 2.24) is 14.7 Å². The van der Waals surface area contributed by atoms with E-state index in [1.165, 1.54) is 9.58 Å². The van der Waals surface area contributed by atoms with Gasteiger partial charge in [0, 0.05) is 20.3 Å². The molecule has 0 saturated heterocycles. The van der Waals surface area contributed by atoms with Crippen molar-refractivity contribution >= 4 is 11.9 Å². The molecule has 100 valence electrons. The second-order valence-electron chi connectivity index (χ2n) is 4.17. The third-order valence-corrected chi connectivity index (χ3v) is 2.32. The standard InChI is InChI=1S/C12H19N3O3/c1-4-5-8-18-11(16)9-15-7-6-10(13-15)12(17)14(2)3/h6-7H,4-5,8-9H2,1-3H3. The molecule has 1 heterocycles. The highest BCUT2D eigenvalue weighted by Crippen LogP contribution is 2.00. The first-order valence-corrected chi connectivity index (χ1v) is 5.95. The number of nitrogens with zero attached hydrogens (tertiary/aromatic N) is 3. The summed E-state index contributed by atoms with van der Waals surface area (Å²) in [6.45, 7) is 2.49. The highest BCUT2D eigenvalue weighted by Gasteiger charge is 2.12. The van der Waals surface area contributed by atoms with Crippen LogP contribution >= 0.6 is 0 Å². The quantitative estimate of drug-likeness (QED) is 0.559. The zero-order chi connectivity index (χ0) is 13.5. The Morgan fingerprint density at radius 2 is 2.17 bits per heavy atom. The lowest BCUT2D eigenvalue weighted by atomic mass is 10.4. The van der Waals surface area contributed by atoms with Gasteiger partial charge in [-0.15, -0.1) is 0 Å². The van der Waals surface area contributed by atoms with Crippen molar-refractivity contribution < 1.29 is 14.3 Å². The van der Waals surface area contributed by atoms with Gasteiger partial charge in [0.1, 0.15) is 12.2 Å². The molecule has 0 spiro atoms. The Bertz CT molecular complexity index is 412. The highest BCUT2D eigenvalue weighted by molar-refractivity contribution is 5.91. The van der Waals surface area contributed by atoms with E-state index < -0.39 is 0 Å². The molecule has 0 bridgehead atoms. The number of hydrogen-bond donors (Lipinski definition) is 0. The summed E-state index contributed by atoms with van der Waals surface area (Å²) in [5, 5.41) is 4.02. The van der Waals surface area contributed by atoms with E-state index >= 15 is 0 Å². The molecule has 6 heteroatoms. The van der Waals surface area contributed by atoms with Crippen LogP contribution in [0.2, 0.25) is 0 Å². The van der Waals surface area contributed by atoms with Gasteiger partial charge in [-0.25, -0.2) is 0 Å². The SMILES string of the molecule is CCCCOC(=O)Cn1ccc(C(=O)N(C)C)n1. The number of carbonyl (C=O) groups is 2. The van der Waals surface area contributed by atoms with Crippen molar-refractivity contribution in [3.63, 3.8) is 0 Å². The largest absolute Gasteiger partial charge is 0.464 e. The van der Waals surface area contributed by atoms with Gasteiger partial charge < -0.3 is 9.64 Å². The van der Waals surface area contributed by atoms with Crippen LogP contribution in [0.3, 0.4) is 0 Å². The predicted molar refractivity (Wildman–Crippen MR) is 66.1 cm³/mol. The lowest BCUT2D eigenvalue weighted by molar-refractivity contribution is -0.144. The van der Waals surface area contributed by atoms with Crippen molar-refractivity contribution in [2.45, 2.75) is 26.3 Å². The van der Waals surface area contributed by atoms with Gasteiger partial charge in [-0.05, 0) is 12.5 Å². The fourth-order valence-electron chi connectivity index (χ4n) is 1.30. The molecule has 18 heavy (non-hydrogen) atoms. The van der Waals surface area contributed by atoms with Crippen molar-refractivity contribution in [3.8, 4) is 0 Å². The van der Waals surface area contributed by atoms with Gasteiger partial charge in [0.05, 0.1) is 6.61 Å². The number of rotatable bonds is 6. The summed E-state index contributed by atoms with van der Waals surface area (Å²) in [6, 6.07) is 1.58. The minimum atomic E-state index is -0.338. The molecule has 0 aliphatic rings. The van der Waals surface area contributed by atoms with Crippen LogP contribution in [-0.2, 0) is 16.1 Å². The Hall–Kier alpha value is -1.85. The molecule has 0 N–H and O–H groups in total. The van der Waals surface area contributed by atoms with E-state index in [1.54, 1.807) is 26.4 Å². The molecule has 0 atom stereocenters. The number of amides is 1. The molecule has 0 unspecified atom stereocenters. The summed E-state index contributed by atoms with van der Waals surface area (Å²) in [6.07, 6.45) is 3.43. The lowest BCUT2D eigenvalue weighted by Gasteiger charge is -2.07. The van der Waals surface area contributed by atoms with E-state index in [4.69, 9.17) is 4.74 Å². The van der Waals surface area contributed by atoms with Gasteiger partial charge in [-0.2, -0.15) is 5.10 Å². The predicted octanol–water partition coefficient (Wildman–Crippen LogP) is 0.928. The minimum absolute atomic E-state index is 0.0322. The first-order valence-electron chi connectivity index (χ1n) is 5.95. The van der Waals surface area contributed by atoms with E-state index in [2.05, 4.69) is 5.10 Å². The molecular formula is C12H19N3O3. The average molecular weight is 253 g/mol. The lowest BCUT2D eigenvalue weighted by Crippen LogP contribution is -2.22. The number of aromatic nitrogens is 2. The summed E-state index contributed by atoms with van der Waals surface area (Å²) in [7, 11) is 3.31. The number of esters is 1. The zero-order valence-electron chi connectivity index (χ0n) is 11.0. The number of ether oxygens (including phenoxy) is 1. The van der Waals surface area contributed by atoms with Crippen LogP contribution in [0.15, 0.2) is 12.3 Å². The van der Waals surface area contributed by atoms with Crippen molar-refractivity contribution in [2.24, 2.45) is 0 Å². The molecule has 6 nitrogen and oxygen atoms in total. The summed E-state index contributed by atoms with van der Waals surface area (Å²) in [5.41, 5.74) is 0.321. The summed E-state index contributed by atoms with van der Waals surface area (Å²) < 4.78 is 6.42. The second-order valence-corrected chi connectivity index (χ2v) is 4.17. The van der Waals surface area contributed by atoms with E-state index in [1.807, 2.05) is 6.92 Å². The van der Waals surface area contributed by atoms with Crippen LogP contribution in [0.5, 0.6) is 0 Å². The molecule has 1 rings (SSSR count). The Morgan fingerprint density at radius 1 is 1.44 bits per heavy atom. The second kappa shape index (κ2) is 6.78. The summed E-state index contributed by atoms with van der Waals surface area (Å²) >= 11 is 0. The smallest absolute Gasteiger partial charge is 0.327 e. The van der Waals surface area contributed by atoms with E-state index in [0.29, 0.717) is 12.3 Å². The Balaban J connectivity index is 2.48. The average Bonchev–Trinajstić information content (AvgIpc) is 2.76. The van der Waals surface area contributed by atoms with E-state index in [-0.39, 0.29) is 18.4 Å². The number of hydrogen-bond acceptors (Lipinski definition) is 4. The molecule has 0 fully saturated rings. The van der Waals surface area contributed by atoms with Gasteiger partial charge >= 0.3 is 5.97 Å². The van der Waals surface area contributed by atoms with E-state index in [9.17, 15) is 9.59 Å². The van der Waals surface area contributed by atoms with Crippen molar-refractivity contribution in [3.05, 3.63) is 18.0 Å². The fraction of sp³-hybridized carbons (Fsp3) is 0.583. The van der Waals surface area contributed by atoms with Gasteiger partial charge in [0.2, 0.25) is 0 Å². The normalized spacial score (nSPS) is 10.2. The Labute approximate surface area is 107 Å². The van der Waals surface area contributed by atoms with Crippen LogP contribution in [0, 0.1) is 0 Å². The number of carbonyl (C=O) groups excluding carboxylic acids is 2. The summed E-state index contributed by atoms with van der Waals surface area (Å²) in [5.74, 6) is -0.525. The molecule has 0 saturated carbocycles. The van der Waals surface area contributed by atoms with Gasteiger partial charge in [-0.3, -0.25) is 14.3 Å². The molecule has 0 radical (unpaired) electrons. The Morgan fingerprint density at radius 3 is 2.78 bits per heavy atom. The first-order chi connectivity index (χ1) is 8.54. The van der Waals surface area contributed by atoms with Crippen LogP contribution in [0.1, 0.15) is 30.3 Å². The topological polar surface area (TPSA) is 64.4 Å². The van der Waals surface area contributed by atoms with E-state index in [0.717, 1.165) is 12.8 Å². The molecule has 1 aromatic heterocycles. The maximum Gasteiger partial charge on any atom is 0.327 e. The van der Waals surface area contributed by atoms with Crippen LogP contribution in [0.4, 0.5) is 0 Å². The van der Waals surface area contributed by atoms with Gasteiger partial charge in [0.15, 0.2) is 0 Å². The molecule has 1 aromatic rings. The first kappa shape index (κ1) is 14.2. The van der Waals surface area contributed by atoms with Crippen LogP contribution in [0.25, 0.3) is 0 Å². The molecule has 0 aliphatic heterocycles.